The molecule has 35 heavy (non-hydrogen) atoms. The van der Waals surface area contributed by atoms with Crippen molar-refractivity contribution in [2.45, 2.75) is 25.6 Å². The summed E-state index contributed by atoms with van der Waals surface area (Å²) in [6.07, 6.45) is 2.57. The summed E-state index contributed by atoms with van der Waals surface area (Å²) < 4.78 is 39.6. The third-order valence-corrected chi connectivity index (χ3v) is 6.00. The minimum atomic E-state index is -4.47. The van der Waals surface area contributed by atoms with Gasteiger partial charge in [-0.05, 0) is 67.9 Å². The molecule has 1 amide bonds. The summed E-state index contributed by atoms with van der Waals surface area (Å²) >= 11 is 0. The number of hydrogen-bond donors (Lipinski definition) is 1. The van der Waals surface area contributed by atoms with Crippen LogP contribution in [0.1, 0.15) is 34.6 Å². The highest BCUT2D eigenvalue weighted by molar-refractivity contribution is 6.05. The number of alkyl halides is 3. The molecule has 178 valence electrons. The maximum atomic E-state index is 13.2. The zero-order valence-electron chi connectivity index (χ0n) is 18.7. The topological polar surface area (TPSA) is 71.0 Å². The van der Waals surface area contributed by atoms with E-state index in [0.29, 0.717) is 27.7 Å². The van der Waals surface area contributed by atoms with E-state index in [9.17, 15) is 18.0 Å². The first-order valence-electron chi connectivity index (χ1n) is 11.3. The number of nitrogens with one attached hydrogen (secondary N) is 1. The fourth-order valence-corrected chi connectivity index (χ4v) is 4.20. The summed E-state index contributed by atoms with van der Waals surface area (Å²) in [4.78, 5) is 28.3. The molecular weight excluding hydrogens is 455 g/mol. The van der Waals surface area contributed by atoms with Gasteiger partial charge in [-0.15, -0.1) is 0 Å². The molecule has 1 fully saturated rings. The van der Waals surface area contributed by atoms with Gasteiger partial charge in [-0.25, -0.2) is 4.98 Å². The highest BCUT2D eigenvalue weighted by atomic mass is 19.4. The molecule has 0 atom stereocenters. The minimum absolute atomic E-state index is 0.137. The van der Waals surface area contributed by atoms with Gasteiger partial charge in [0.25, 0.3) is 5.91 Å². The normalized spacial score (nSPS) is 14.4. The van der Waals surface area contributed by atoms with Crippen LogP contribution in [0.3, 0.4) is 0 Å². The maximum absolute atomic E-state index is 13.2. The van der Waals surface area contributed by atoms with Crippen LogP contribution in [0, 0.1) is 0 Å². The van der Waals surface area contributed by atoms with Gasteiger partial charge in [0, 0.05) is 29.9 Å². The molecule has 1 N–H and O–H groups in total. The van der Waals surface area contributed by atoms with Gasteiger partial charge >= 0.3 is 6.18 Å². The van der Waals surface area contributed by atoms with Gasteiger partial charge in [-0.1, -0.05) is 12.1 Å². The lowest BCUT2D eigenvalue weighted by Gasteiger charge is -2.14. The van der Waals surface area contributed by atoms with Crippen LogP contribution in [0.15, 0.2) is 67.1 Å². The largest absolute Gasteiger partial charge is 0.416 e. The molecule has 0 unspecified atom stereocenters. The minimum Gasteiger partial charge on any atom is -0.319 e. The number of benzene rings is 1. The van der Waals surface area contributed by atoms with Gasteiger partial charge in [0.1, 0.15) is 5.69 Å². The smallest absolute Gasteiger partial charge is 0.319 e. The fraction of sp³-hybridized carbons (Fsp3) is 0.231. The Morgan fingerprint density at radius 1 is 1.00 bits per heavy atom. The maximum Gasteiger partial charge on any atom is 0.416 e. The molecule has 5 rings (SSSR count). The summed E-state index contributed by atoms with van der Waals surface area (Å²) in [5, 5.41) is 3.41. The number of fused-ring (bicyclic) bond motifs is 1. The van der Waals surface area contributed by atoms with Crippen molar-refractivity contribution in [2.75, 3.05) is 18.4 Å². The van der Waals surface area contributed by atoms with E-state index in [4.69, 9.17) is 0 Å². The Kier molecular flexibility index (Phi) is 6.17. The Balaban J connectivity index is 1.39. The second kappa shape index (κ2) is 9.42. The summed E-state index contributed by atoms with van der Waals surface area (Å²) in [6, 6.07) is 11.9. The highest BCUT2D eigenvalue weighted by Crippen LogP contribution is 2.33. The van der Waals surface area contributed by atoms with Gasteiger partial charge in [0.15, 0.2) is 0 Å². The molecule has 6 nitrogen and oxygen atoms in total. The van der Waals surface area contributed by atoms with Crippen LogP contribution in [0.5, 0.6) is 0 Å². The van der Waals surface area contributed by atoms with E-state index in [-0.39, 0.29) is 5.69 Å². The number of hydrogen-bond acceptors (Lipinski definition) is 5. The molecule has 0 radical (unpaired) electrons. The Labute approximate surface area is 199 Å². The fourth-order valence-electron chi connectivity index (χ4n) is 4.20. The van der Waals surface area contributed by atoms with Crippen molar-refractivity contribution in [1.29, 1.82) is 0 Å². The predicted molar refractivity (Wildman–Crippen MR) is 127 cm³/mol. The lowest BCUT2D eigenvalue weighted by atomic mass is 10.0. The molecule has 4 heterocycles. The van der Waals surface area contributed by atoms with Crippen molar-refractivity contribution < 1.29 is 18.0 Å². The summed E-state index contributed by atoms with van der Waals surface area (Å²) in [5.74, 6) is -0.437. The van der Waals surface area contributed by atoms with Crippen molar-refractivity contribution >= 4 is 22.5 Å². The van der Waals surface area contributed by atoms with Crippen LogP contribution in [0.25, 0.3) is 22.0 Å². The molecule has 4 aromatic rings. The van der Waals surface area contributed by atoms with E-state index in [0.717, 1.165) is 37.5 Å². The zero-order valence-corrected chi connectivity index (χ0v) is 18.7. The third-order valence-electron chi connectivity index (χ3n) is 6.00. The molecule has 0 bridgehead atoms. The Morgan fingerprint density at radius 3 is 2.57 bits per heavy atom. The zero-order chi connectivity index (χ0) is 24.4. The Bertz CT molecular complexity index is 1370. The number of likely N-dealkylation sites (tertiary alicyclic amines) is 1. The van der Waals surface area contributed by atoms with E-state index < -0.39 is 17.6 Å². The standard InChI is InChI=1S/C26H22F3N5O/c27-26(28,29)19-5-3-4-17(12-19)22-15-30-13-18-6-9-23(33-24(18)22)25(35)32-20-7-8-21(31-14-20)16-34-10-1-2-11-34/h3-9,12-15H,1-2,10-11,16H2,(H,32,35). The Hall–Kier alpha value is -3.85. The number of anilines is 1. The number of nitrogens with zero attached hydrogens (tertiary/aromatic N) is 4. The average Bonchev–Trinajstić information content (AvgIpc) is 3.37. The number of pyridine rings is 3. The van der Waals surface area contributed by atoms with E-state index in [2.05, 4.69) is 25.2 Å². The van der Waals surface area contributed by atoms with Crippen LogP contribution >= 0.6 is 0 Å². The summed E-state index contributed by atoms with van der Waals surface area (Å²) in [5.41, 5.74) is 1.98. The second-order valence-electron chi connectivity index (χ2n) is 8.51. The van der Waals surface area contributed by atoms with Gasteiger partial charge in [-0.2, -0.15) is 13.2 Å². The van der Waals surface area contributed by atoms with Crippen LogP contribution in [-0.2, 0) is 12.7 Å². The molecule has 0 saturated carbocycles. The molecule has 1 aliphatic rings. The first-order chi connectivity index (χ1) is 16.9. The predicted octanol–water partition coefficient (Wildman–Crippen LogP) is 5.56. The average molecular weight is 477 g/mol. The van der Waals surface area contributed by atoms with Crippen molar-refractivity contribution in [2.24, 2.45) is 0 Å². The number of aromatic nitrogens is 3. The second-order valence-corrected chi connectivity index (χ2v) is 8.51. The van der Waals surface area contributed by atoms with Crippen molar-refractivity contribution in [1.82, 2.24) is 19.9 Å². The third kappa shape index (κ3) is 5.14. The summed E-state index contributed by atoms with van der Waals surface area (Å²) in [7, 11) is 0. The van der Waals surface area contributed by atoms with Crippen molar-refractivity contribution in [3.8, 4) is 11.1 Å². The van der Waals surface area contributed by atoms with Gasteiger partial charge < -0.3 is 5.32 Å². The number of carbonyl (C=O) groups excluding carboxylic acids is 1. The van der Waals surface area contributed by atoms with Crippen LogP contribution in [0.4, 0.5) is 18.9 Å². The molecule has 0 aliphatic carbocycles. The van der Waals surface area contributed by atoms with Crippen LogP contribution in [-0.4, -0.2) is 38.8 Å². The number of halogens is 3. The van der Waals surface area contributed by atoms with E-state index in [1.165, 1.54) is 25.1 Å². The van der Waals surface area contributed by atoms with E-state index >= 15 is 0 Å². The SMILES string of the molecule is O=C(Nc1ccc(CN2CCCC2)nc1)c1ccc2cncc(-c3cccc(C(F)(F)F)c3)c2n1. The van der Waals surface area contributed by atoms with Crippen molar-refractivity contribution in [3.05, 3.63) is 84.1 Å². The number of carbonyl (C=O) groups is 1. The van der Waals surface area contributed by atoms with Gasteiger partial charge in [-0.3, -0.25) is 19.7 Å². The van der Waals surface area contributed by atoms with Crippen LogP contribution in [0.2, 0.25) is 0 Å². The molecule has 0 spiro atoms. The van der Waals surface area contributed by atoms with Gasteiger partial charge in [0.2, 0.25) is 0 Å². The first kappa shape index (κ1) is 22.9. The molecule has 1 saturated heterocycles. The van der Waals surface area contributed by atoms with E-state index in [1.807, 2.05) is 6.07 Å². The monoisotopic (exact) mass is 477 g/mol. The van der Waals surface area contributed by atoms with Gasteiger partial charge in [0.05, 0.1) is 28.7 Å². The lowest BCUT2D eigenvalue weighted by molar-refractivity contribution is -0.137. The quantitative estimate of drug-likeness (QED) is 0.408. The Morgan fingerprint density at radius 2 is 1.83 bits per heavy atom. The number of rotatable bonds is 5. The molecular formula is C26H22F3N5O. The molecule has 9 heteroatoms. The van der Waals surface area contributed by atoms with Crippen LogP contribution < -0.4 is 5.32 Å². The summed E-state index contributed by atoms with van der Waals surface area (Å²) in [6.45, 7) is 2.93. The number of amides is 1. The highest BCUT2D eigenvalue weighted by Gasteiger charge is 2.30. The lowest BCUT2D eigenvalue weighted by Crippen LogP contribution is -2.19. The van der Waals surface area contributed by atoms with E-state index in [1.54, 1.807) is 36.7 Å². The molecule has 1 aliphatic heterocycles. The molecule has 3 aromatic heterocycles. The first-order valence-corrected chi connectivity index (χ1v) is 11.3. The molecule has 1 aromatic carbocycles. The van der Waals surface area contributed by atoms with Crippen molar-refractivity contribution in [3.63, 3.8) is 0 Å².